The molecule has 0 aliphatic carbocycles. The first kappa shape index (κ1) is 16.7. The van der Waals surface area contributed by atoms with Crippen molar-refractivity contribution in [3.63, 3.8) is 0 Å². The SMILES string of the molecule is COC(=O)[C@@H](C)NC(=O)/C=C/c1ccc(C(F)(F)F)cc1. The average molecular weight is 301 g/mol. The maximum Gasteiger partial charge on any atom is 0.416 e. The van der Waals surface area contributed by atoms with Gasteiger partial charge in [-0.2, -0.15) is 13.2 Å². The second kappa shape index (κ2) is 6.92. The predicted molar refractivity (Wildman–Crippen MR) is 70.1 cm³/mol. The predicted octanol–water partition coefficient (Wildman–Crippen LogP) is 2.40. The molecule has 1 N–H and O–H groups in total. The molecule has 0 bridgehead atoms. The van der Waals surface area contributed by atoms with E-state index in [2.05, 4.69) is 10.1 Å². The molecule has 0 unspecified atom stereocenters. The molecule has 0 saturated carbocycles. The number of alkyl halides is 3. The molecule has 1 aromatic rings. The van der Waals surface area contributed by atoms with Gasteiger partial charge in [-0.3, -0.25) is 4.79 Å². The van der Waals surface area contributed by atoms with Crippen LogP contribution in [0.1, 0.15) is 18.1 Å². The van der Waals surface area contributed by atoms with Crippen molar-refractivity contribution in [2.45, 2.75) is 19.1 Å². The molecule has 0 aliphatic rings. The molecule has 0 saturated heterocycles. The van der Waals surface area contributed by atoms with Crippen molar-refractivity contribution in [1.29, 1.82) is 0 Å². The Kier molecular flexibility index (Phi) is 5.52. The fraction of sp³-hybridized carbons (Fsp3) is 0.286. The Morgan fingerprint density at radius 3 is 2.29 bits per heavy atom. The number of nitrogens with one attached hydrogen (secondary N) is 1. The summed E-state index contributed by atoms with van der Waals surface area (Å²) in [6, 6.07) is 3.54. The molecule has 1 aromatic carbocycles. The zero-order valence-electron chi connectivity index (χ0n) is 11.4. The molecule has 114 valence electrons. The molecule has 0 aromatic heterocycles. The first-order valence-corrected chi connectivity index (χ1v) is 5.97. The van der Waals surface area contributed by atoms with E-state index in [1.165, 1.54) is 32.2 Å². The minimum Gasteiger partial charge on any atom is -0.467 e. The van der Waals surface area contributed by atoms with Crippen molar-refractivity contribution < 1.29 is 27.5 Å². The van der Waals surface area contributed by atoms with Crippen LogP contribution < -0.4 is 5.32 Å². The summed E-state index contributed by atoms with van der Waals surface area (Å²) in [4.78, 5) is 22.6. The summed E-state index contributed by atoms with van der Waals surface area (Å²) in [5.74, 6) is -1.14. The van der Waals surface area contributed by atoms with Gasteiger partial charge in [0.05, 0.1) is 12.7 Å². The first-order chi connectivity index (χ1) is 9.74. The number of esters is 1. The van der Waals surface area contributed by atoms with Gasteiger partial charge in [0.25, 0.3) is 0 Å². The summed E-state index contributed by atoms with van der Waals surface area (Å²) >= 11 is 0. The zero-order valence-corrected chi connectivity index (χ0v) is 11.4. The number of methoxy groups -OCH3 is 1. The van der Waals surface area contributed by atoms with Gasteiger partial charge in [0.2, 0.25) is 5.91 Å². The Labute approximate surface area is 119 Å². The van der Waals surface area contributed by atoms with Crippen LogP contribution in [-0.2, 0) is 20.5 Å². The van der Waals surface area contributed by atoms with Crippen molar-refractivity contribution in [2.24, 2.45) is 0 Å². The van der Waals surface area contributed by atoms with E-state index in [9.17, 15) is 22.8 Å². The van der Waals surface area contributed by atoms with E-state index in [1.807, 2.05) is 0 Å². The minimum atomic E-state index is -4.39. The molecule has 1 rings (SSSR count). The zero-order chi connectivity index (χ0) is 16.0. The molecule has 1 amide bonds. The van der Waals surface area contributed by atoms with Crippen molar-refractivity contribution in [2.75, 3.05) is 7.11 Å². The number of halogens is 3. The maximum atomic E-state index is 12.4. The Hall–Kier alpha value is -2.31. The van der Waals surface area contributed by atoms with Gasteiger partial charge in [0, 0.05) is 6.08 Å². The van der Waals surface area contributed by atoms with Crippen molar-refractivity contribution in [3.8, 4) is 0 Å². The van der Waals surface area contributed by atoms with E-state index < -0.39 is 29.7 Å². The molecule has 1 atom stereocenters. The second-order valence-electron chi connectivity index (χ2n) is 4.21. The highest BCUT2D eigenvalue weighted by Crippen LogP contribution is 2.29. The van der Waals surface area contributed by atoms with Gasteiger partial charge < -0.3 is 10.1 Å². The molecule has 4 nitrogen and oxygen atoms in total. The minimum absolute atomic E-state index is 0.434. The molecular formula is C14H14F3NO3. The van der Waals surface area contributed by atoms with E-state index in [4.69, 9.17) is 0 Å². The van der Waals surface area contributed by atoms with Crippen molar-refractivity contribution in [3.05, 3.63) is 41.5 Å². The number of carbonyl (C=O) groups excluding carboxylic acids is 2. The highest BCUT2D eigenvalue weighted by atomic mass is 19.4. The molecule has 0 heterocycles. The lowest BCUT2D eigenvalue weighted by Gasteiger charge is -2.09. The van der Waals surface area contributed by atoms with Crippen LogP contribution in [0.5, 0.6) is 0 Å². The van der Waals surface area contributed by atoms with Crippen LogP contribution in [0, 0.1) is 0 Å². The lowest BCUT2D eigenvalue weighted by atomic mass is 10.1. The highest BCUT2D eigenvalue weighted by Gasteiger charge is 2.29. The average Bonchev–Trinajstić information content (AvgIpc) is 2.43. The monoisotopic (exact) mass is 301 g/mol. The summed E-state index contributed by atoms with van der Waals surface area (Å²) in [6.07, 6.45) is -1.92. The van der Waals surface area contributed by atoms with Crippen LogP contribution in [0.25, 0.3) is 6.08 Å². The molecule has 0 aliphatic heterocycles. The summed E-state index contributed by atoms with van der Waals surface area (Å²) in [5.41, 5.74) is -0.327. The number of amides is 1. The Bertz CT molecular complexity index is 535. The second-order valence-corrected chi connectivity index (χ2v) is 4.21. The third-order valence-corrected chi connectivity index (χ3v) is 2.58. The smallest absolute Gasteiger partial charge is 0.416 e. The Morgan fingerprint density at radius 1 is 1.24 bits per heavy atom. The number of ether oxygens (including phenoxy) is 1. The first-order valence-electron chi connectivity index (χ1n) is 5.97. The third kappa shape index (κ3) is 5.29. The van der Waals surface area contributed by atoms with Crippen molar-refractivity contribution in [1.82, 2.24) is 5.32 Å². The van der Waals surface area contributed by atoms with Crippen LogP contribution in [0.3, 0.4) is 0 Å². The van der Waals surface area contributed by atoms with Gasteiger partial charge in [-0.1, -0.05) is 12.1 Å². The van der Waals surface area contributed by atoms with Gasteiger partial charge in [0.15, 0.2) is 0 Å². The maximum absolute atomic E-state index is 12.4. The standard InChI is InChI=1S/C14H14F3NO3/c1-9(13(20)21-2)18-12(19)8-5-10-3-6-11(7-4-10)14(15,16)17/h3-9H,1-2H3,(H,18,19)/b8-5+/t9-/m1/s1. The lowest BCUT2D eigenvalue weighted by Crippen LogP contribution is -2.38. The lowest BCUT2D eigenvalue weighted by molar-refractivity contribution is -0.144. The number of benzene rings is 1. The summed E-state index contributed by atoms with van der Waals surface area (Å²) in [7, 11) is 1.20. The van der Waals surface area contributed by atoms with E-state index in [-0.39, 0.29) is 0 Å². The van der Waals surface area contributed by atoms with Gasteiger partial charge in [-0.15, -0.1) is 0 Å². The molecule has 0 spiro atoms. The van der Waals surface area contributed by atoms with E-state index >= 15 is 0 Å². The fourth-order valence-electron chi connectivity index (χ4n) is 1.45. The fourth-order valence-corrected chi connectivity index (χ4v) is 1.45. The van der Waals surface area contributed by atoms with Crippen LogP contribution in [0.4, 0.5) is 13.2 Å². The number of rotatable bonds is 4. The molecular weight excluding hydrogens is 287 g/mol. The molecule has 21 heavy (non-hydrogen) atoms. The van der Waals surface area contributed by atoms with Gasteiger partial charge >= 0.3 is 12.1 Å². The normalized spacial score (nSPS) is 13.0. The quantitative estimate of drug-likeness (QED) is 0.686. The molecule has 0 radical (unpaired) electrons. The van der Waals surface area contributed by atoms with Crippen LogP contribution in [0.2, 0.25) is 0 Å². The summed E-state index contributed by atoms with van der Waals surface area (Å²) in [5, 5.41) is 2.36. The van der Waals surface area contributed by atoms with Crippen LogP contribution in [-0.4, -0.2) is 25.0 Å². The molecule has 0 fully saturated rings. The number of hydrogen-bond donors (Lipinski definition) is 1. The van der Waals surface area contributed by atoms with Gasteiger partial charge in [0.1, 0.15) is 6.04 Å². The number of hydrogen-bond acceptors (Lipinski definition) is 3. The van der Waals surface area contributed by atoms with Gasteiger partial charge in [-0.25, -0.2) is 4.79 Å². The van der Waals surface area contributed by atoms with Gasteiger partial charge in [-0.05, 0) is 30.7 Å². The highest BCUT2D eigenvalue weighted by molar-refractivity contribution is 5.94. The summed E-state index contributed by atoms with van der Waals surface area (Å²) in [6.45, 7) is 1.45. The van der Waals surface area contributed by atoms with Crippen molar-refractivity contribution >= 4 is 18.0 Å². The Balaban J connectivity index is 2.64. The van der Waals surface area contributed by atoms with Crippen LogP contribution in [0.15, 0.2) is 30.3 Å². The van der Waals surface area contributed by atoms with E-state index in [1.54, 1.807) is 0 Å². The largest absolute Gasteiger partial charge is 0.467 e. The summed E-state index contributed by atoms with van der Waals surface area (Å²) < 4.78 is 41.5. The molecule has 7 heteroatoms. The van der Waals surface area contributed by atoms with E-state index in [0.717, 1.165) is 18.2 Å². The number of carbonyl (C=O) groups is 2. The van der Waals surface area contributed by atoms with E-state index in [0.29, 0.717) is 5.56 Å². The third-order valence-electron chi connectivity index (χ3n) is 2.58. The topological polar surface area (TPSA) is 55.4 Å². The van der Waals surface area contributed by atoms with Crippen LogP contribution >= 0.6 is 0 Å². The Morgan fingerprint density at radius 2 is 1.81 bits per heavy atom.